The van der Waals surface area contributed by atoms with E-state index in [2.05, 4.69) is 15.3 Å². The number of aromatic carboxylic acids is 1. The van der Waals surface area contributed by atoms with Gasteiger partial charge in [-0.3, -0.25) is 4.79 Å². The maximum atomic E-state index is 12.2. The van der Waals surface area contributed by atoms with E-state index in [9.17, 15) is 9.59 Å². The molecule has 0 atom stereocenters. The highest BCUT2D eigenvalue weighted by Crippen LogP contribution is 2.14. The molecule has 0 spiro atoms. The molecule has 1 fully saturated rings. The van der Waals surface area contributed by atoms with Crippen molar-refractivity contribution in [2.24, 2.45) is 5.73 Å². The molecule has 1 aliphatic heterocycles. The summed E-state index contributed by atoms with van der Waals surface area (Å²) in [6.45, 7) is 6.20. The Bertz CT molecular complexity index is 814. The average Bonchev–Trinajstić information content (AvgIpc) is 2.68. The minimum absolute atomic E-state index is 0.0972. The van der Waals surface area contributed by atoms with Gasteiger partial charge in [0, 0.05) is 51.7 Å². The third kappa shape index (κ3) is 4.34. The zero-order chi connectivity index (χ0) is 19.1. The van der Waals surface area contributed by atoms with E-state index in [0.717, 1.165) is 26.2 Å². The van der Waals surface area contributed by atoms with Crippen molar-refractivity contribution in [1.29, 1.82) is 0 Å². The van der Waals surface area contributed by atoms with Gasteiger partial charge in [0.2, 0.25) is 11.4 Å². The van der Waals surface area contributed by atoms with Crippen LogP contribution >= 0.6 is 0 Å². The number of nitrogens with two attached hydrogens (primary N) is 1. The Kier molecular flexibility index (Phi) is 7.01. The zero-order valence-corrected chi connectivity index (χ0v) is 14.7. The van der Waals surface area contributed by atoms with E-state index in [0.29, 0.717) is 24.7 Å². The van der Waals surface area contributed by atoms with Gasteiger partial charge in [-0.15, -0.1) is 0 Å². The van der Waals surface area contributed by atoms with E-state index in [1.165, 1.54) is 12.4 Å². The molecule has 2 aromatic rings. The van der Waals surface area contributed by atoms with Gasteiger partial charge in [0.25, 0.3) is 0 Å². The lowest BCUT2D eigenvalue weighted by Gasteiger charge is -2.27. The smallest absolute Gasteiger partial charge is 0.341 e. The summed E-state index contributed by atoms with van der Waals surface area (Å²) in [5.74, 6) is -0.668. The first-order valence-corrected chi connectivity index (χ1v) is 8.43. The molecule has 10 heteroatoms. The highest BCUT2D eigenvalue weighted by molar-refractivity contribution is 5.91. The van der Waals surface area contributed by atoms with Gasteiger partial charge >= 0.3 is 5.97 Å². The lowest BCUT2D eigenvalue weighted by molar-refractivity contribution is 0.0695. The molecule has 10 nitrogen and oxygen atoms in total. The number of aliphatic hydroxyl groups excluding tert-OH is 1. The summed E-state index contributed by atoms with van der Waals surface area (Å²) in [6, 6.07) is 0. The molecule has 0 amide bonds. The lowest BCUT2D eigenvalue weighted by atomic mass is 10.2. The standard InChI is InChI=1S/C14H17N5O3.C2H7NO/c1-2-18-8-10(13(21)22)11(20)9-7-16-14(17-12(9)18)19-5-3-15-4-6-19;3-1-2-4/h7-8,15H,2-6H2,1H3,(H,21,22);4H,1-3H2. The normalized spacial score (nSPS) is 14.0. The molecule has 0 unspecified atom stereocenters. The minimum atomic E-state index is -1.24. The van der Waals surface area contributed by atoms with Crippen LogP contribution in [-0.4, -0.2) is 70.0 Å². The number of hydrogen-bond donors (Lipinski definition) is 4. The topological polar surface area (TPSA) is 147 Å². The Balaban J connectivity index is 0.000000552. The number of carboxylic acids is 1. The van der Waals surface area contributed by atoms with Crippen LogP contribution < -0.4 is 21.4 Å². The molecule has 5 N–H and O–H groups in total. The molecule has 1 saturated heterocycles. The number of carbonyl (C=O) groups is 1. The first kappa shape index (κ1) is 19.8. The van der Waals surface area contributed by atoms with E-state index in [1.54, 1.807) is 4.57 Å². The van der Waals surface area contributed by atoms with Crippen molar-refractivity contribution in [2.75, 3.05) is 44.2 Å². The summed E-state index contributed by atoms with van der Waals surface area (Å²) < 4.78 is 1.67. The van der Waals surface area contributed by atoms with Crippen LogP contribution in [0.3, 0.4) is 0 Å². The summed E-state index contributed by atoms with van der Waals surface area (Å²) in [5, 5.41) is 20.4. The van der Waals surface area contributed by atoms with Crippen molar-refractivity contribution >= 4 is 23.0 Å². The number of nitrogens with zero attached hydrogens (tertiary/aromatic N) is 4. The number of nitrogens with one attached hydrogen (secondary N) is 1. The molecule has 3 heterocycles. The summed E-state index contributed by atoms with van der Waals surface area (Å²) >= 11 is 0. The van der Waals surface area contributed by atoms with Crippen LogP contribution in [0, 0.1) is 0 Å². The van der Waals surface area contributed by atoms with Gasteiger partial charge in [-0.2, -0.15) is 4.98 Å². The molecule has 1 aliphatic rings. The predicted octanol–water partition coefficient (Wildman–Crippen LogP) is -1.14. The van der Waals surface area contributed by atoms with Crippen LogP contribution in [0.15, 0.2) is 17.2 Å². The zero-order valence-electron chi connectivity index (χ0n) is 14.7. The quantitative estimate of drug-likeness (QED) is 0.528. The molecule has 0 aliphatic carbocycles. The van der Waals surface area contributed by atoms with Crippen molar-refractivity contribution < 1.29 is 15.0 Å². The number of hydrogen-bond acceptors (Lipinski definition) is 8. The Morgan fingerprint density at radius 1 is 1.38 bits per heavy atom. The number of aliphatic hydroxyl groups is 1. The summed E-state index contributed by atoms with van der Waals surface area (Å²) in [6.07, 6.45) is 2.78. The first-order chi connectivity index (χ1) is 12.5. The van der Waals surface area contributed by atoms with Crippen LogP contribution in [0.25, 0.3) is 11.0 Å². The van der Waals surface area contributed by atoms with Crippen molar-refractivity contribution in [1.82, 2.24) is 19.9 Å². The van der Waals surface area contributed by atoms with Crippen LogP contribution in [0.2, 0.25) is 0 Å². The van der Waals surface area contributed by atoms with E-state index in [1.807, 2.05) is 11.8 Å². The molecule has 0 aromatic carbocycles. The second-order valence-electron chi connectivity index (χ2n) is 5.62. The Morgan fingerprint density at radius 3 is 2.58 bits per heavy atom. The van der Waals surface area contributed by atoms with Crippen LogP contribution in [0.1, 0.15) is 17.3 Å². The number of rotatable bonds is 4. The largest absolute Gasteiger partial charge is 0.477 e. The number of piperazine rings is 1. The number of fused-ring (bicyclic) bond motifs is 1. The SMILES string of the molecule is CCn1cc(C(=O)O)c(=O)c2cnc(N3CCNCC3)nc21.NCCO. The molecule has 0 bridgehead atoms. The van der Waals surface area contributed by atoms with Gasteiger partial charge in [-0.05, 0) is 6.92 Å². The number of anilines is 1. The molecule has 2 aromatic heterocycles. The monoisotopic (exact) mass is 364 g/mol. The van der Waals surface area contributed by atoms with E-state index in [4.69, 9.17) is 15.9 Å². The molecule has 3 rings (SSSR count). The molecule has 0 radical (unpaired) electrons. The number of aryl methyl sites for hydroxylation is 1. The molecule has 142 valence electrons. The van der Waals surface area contributed by atoms with E-state index in [-0.39, 0.29) is 17.6 Å². The number of aromatic nitrogens is 3. The first-order valence-electron chi connectivity index (χ1n) is 8.43. The lowest BCUT2D eigenvalue weighted by Crippen LogP contribution is -2.44. The summed E-state index contributed by atoms with van der Waals surface area (Å²) in [7, 11) is 0. The van der Waals surface area contributed by atoms with Gasteiger partial charge in [0.1, 0.15) is 11.2 Å². The third-order valence-corrected chi connectivity index (χ3v) is 3.90. The van der Waals surface area contributed by atoms with E-state index >= 15 is 0 Å². The summed E-state index contributed by atoms with van der Waals surface area (Å²) in [4.78, 5) is 34.2. The molecule has 26 heavy (non-hydrogen) atoms. The fraction of sp³-hybridized carbons (Fsp3) is 0.500. The van der Waals surface area contributed by atoms with Crippen molar-refractivity contribution in [2.45, 2.75) is 13.5 Å². The molecular weight excluding hydrogens is 340 g/mol. The van der Waals surface area contributed by atoms with Crippen LogP contribution in [-0.2, 0) is 6.54 Å². The molecular formula is C16H24N6O4. The number of pyridine rings is 1. The highest BCUT2D eigenvalue weighted by atomic mass is 16.4. The van der Waals surface area contributed by atoms with E-state index < -0.39 is 11.4 Å². The Labute approximate surface area is 150 Å². The third-order valence-electron chi connectivity index (χ3n) is 3.90. The van der Waals surface area contributed by atoms with Crippen LogP contribution in [0.4, 0.5) is 5.95 Å². The summed E-state index contributed by atoms with van der Waals surface area (Å²) in [5.41, 5.74) is 4.45. The predicted molar refractivity (Wildman–Crippen MR) is 97.7 cm³/mol. The maximum Gasteiger partial charge on any atom is 0.341 e. The Hall–Kier alpha value is -2.56. The fourth-order valence-corrected chi connectivity index (χ4v) is 2.57. The minimum Gasteiger partial charge on any atom is -0.477 e. The number of carboxylic acid groups (broad SMARTS) is 1. The average molecular weight is 364 g/mol. The van der Waals surface area contributed by atoms with Gasteiger partial charge in [0.05, 0.1) is 12.0 Å². The fourth-order valence-electron chi connectivity index (χ4n) is 2.57. The van der Waals surface area contributed by atoms with Gasteiger partial charge in [-0.25, -0.2) is 9.78 Å². The molecule has 0 saturated carbocycles. The van der Waals surface area contributed by atoms with Crippen molar-refractivity contribution in [3.63, 3.8) is 0 Å². The second-order valence-corrected chi connectivity index (χ2v) is 5.62. The second kappa shape index (κ2) is 9.22. The highest BCUT2D eigenvalue weighted by Gasteiger charge is 2.18. The van der Waals surface area contributed by atoms with Crippen molar-refractivity contribution in [3.05, 3.63) is 28.2 Å². The Morgan fingerprint density at radius 2 is 2.04 bits per heavy atom. The van der Waals surface area contributed by atoms with Gasteiger partial charge in [-0.1, -0.05) is 0 Å². The van der Waals surface area contributed by atoms with Crippen molar-refractivity contribution in [3.8, 4) is 0 Å². The van der Waals surface area contributed by atoms with Crippen LogP contribution in [0.5, 0.6) is 0 Å². The van der Waals surface area contributed by atoms with Gasteiger partial charge < -0.3 is 30.7 Å². The van der Waals surface area contributed by atoms with Gasteiger partial charge in [0.15, 0.2) is 0 Å². The maximum absolute atomic E-state index is 12.2.